The highest BCUT2D eigenvalue weighted by atomic mass is 32.2. The molecule has 2 rings (SSSR count). The zero-order valence-corrected chi connectivity index (χ0v) is 12.7. The van der Waals surface area contributed by atoms with Crippen molar-refractivity contribution in [3.8, 4) is 5.75 Å². The molecule has 0 saturated heterocycles. The second-order valence-corrected chi connectivity index (χ2v) is 5.87. The SMILES string of the molecule is CC(C)Oc1ccc(C2=NN=C(SCC(=O)O)C2)cc1N. The van der Waals surface area contributed by atoms with E-state index in [1.54, 1.807) is 6.07 Å². The molecule has 0 aliphatic carbocycles. The van der Waals surface area contributed by atoms with Crippen LogP contribution in [-0.2, 0) is 4.79 Å². The van der Waals surface area contributed by atoms with Crippen molar-refractivity contribution in [2.75, 3.05) is 11.5 Å². The molecule has 0 fully saturated rings. The number of hydrogen-bond donors (Lipinski definition) is 2. The molecular formula is C14H17N3O3S. The van der Waals surface area contributed by atoms with Gasteiger partial charge in [-0.2, -0.15) is 5.10 Å². The van der Waals surface area contributed by atoms with Gasteiger partial charge in [-0.1, -0.05) is 11.8 Å². The van der Waals surface area contributed by atoms with Crippen molar-refractivity contribution in [1.29, 1.82) is 0 Å². The van der Waals surface area contributed by atoms with Crippen LogP contribution in [0.25, 0.3) is 0 Å². The second kappa shape index (κ2) is 6.62. The van der Waals surface area contributed by atoms with Crippen LogP contribution in [0.5, 0.6) is 5.75 Å². The minimum atomic E-state index is -0.865. The van der Waals surface area contributed by atoms with Crippen molar-refractivity contribution in [3.05, 3.63) is 23.8 Å². The van der Waals surface area contributed by atoms with Gasteiger partial charge in [0, 0.05) is 12.0 Å². The van der Waals surface area contributed by atoms with E-state index in [4.69, 9.17) is 15.6 Å². The second-order valence-electron chi connectivity index (χ2n) is 4.82. The molecular weight excluding hydrogens is 290 g/mol. The number of thioether (sulfide) groups is 1. The van der Waals surface area contributed by atoms with Gasteiger partial charge in [0.2, 0.25) is 0 Å². The molecule has 3 N–H and O–H groups in total. The van der Waals surface area contributed by atoms with Crippen LogP contribution in [0.1, 0.15) is 25.8 Å². The highest BCUT2D eigenvalue weighted by molar-refractivity contribution is 8.14. The summed E-state index contributed by atoms with van der Waals surface area (Å²) in [5, 5.41) is 17.4. The molecule has 7 heteroatoms. The van der Waals surface area contributed by atoms with Crippen LogP contribution < -0.4 is 10.5 Å². The average Bonchev–Trinajstić information content (AvgIpc) is 2.87. The number of carboxylic acids is 1. The first kappa shape index (κ1) is 15.4. The molecule has 6 nitrogen and oxygen atoms in total. The van der Waals surface area contributed by atoms with E-state index in [0.717, 1.165) is 11.3 Å². The maximum atomic E-state index is 10.5. The van der Waals surface area contributed by atoms with Crippen molar-refractivity contribution < 1.29 is 14.6 Å². The third-order valence-corrected chi connectivity index (χ3v) is 3.62. The third kappa shape index (κ3) is 4.22. The molecule has 1 aliphatic heterocycles. The Hall–Kier alpha value is -2.02. The number of aliphatic carboxylic acids is 1. The fourth-order valence-corrected chi connectivity index (χ4v) is 2.43. The van der Waals surface area contributed by atoms with Crippen molar-refractivity contribution in [2.24, 2.45) is 10.2 Å². The highest BCUT2D eigenvalue weighted by Crippen LogP contribution is 2.26. The lowest BCUT2D eigenvalue weighted by Gasteiger charge is -2.13. The van der Waals surface area contributed by atoms with Crippen LogP contribution in [0, 0.1) is 0 Å². The number of carbonyl (C=O) groups is 1. The molecule has 112 valence electrons. The Bertz CT molecular complexity index is 611. The summed E-state index contributed by atoms with van der Waals surface area (Å²) in [5.74, 6) is -0.227. The molecule has 0 radical (unpaired) electrons. The van der Waals surface area contributed by atoms with E-state index in [9.17, 15) is 4.79 Å². The number of nitrogens with two attached hydrogens (primary N) is 1. The van der Waals surface area contributed by atoms with E-state index in [1.807, 2.05) is 26.0 Å². The van der Waals surface area contributed by atoms with Gasteiger partial charge in [-0.15, -0.1) is 5.10 Å². The molecule has 0 saturated carbocycles. The number of ether oxygens (including phenoxy) is 1. The number of nitrogen functional groups attached to an aromatic ring is 1. The summed E-state index contributed by atoms with van der Waals surface area (Å²) >= 11 is 1.19. The van der Waals surface area contributed by atoms with Gasteiger partial charge in [-0.05, 0) is 32.0 Å². The minimum absolute atomic E-state index is 0.00899. The molecule has 0 spiro atoms. The maximum Gasteiger partial charge on any atom is 0.313 e. The highest BCUT2D eigenvalue weighted by Gasteiger charge is 2.17. The molecule has 0 bridgehead atoms. The summed E-state index contributed by atoms with van der Waals surface area (Å²) in [6.45, 7) is 3.88. The predicted octanol–water partition coefficient (Wildman–Crippen LogP) is 2.38. The fraction of sp³-hybridized carbons (Fsp3) is 0.357. The third-order valence-electron chi connectivity index (χ3n) is 2.67. The van der Waals surface area contributed by atoms with Crippen LogP contribution in [0.4, 0.5) is 5.69 Å². The van der Waals surface area contributed by atoms with Gasteiger partial charge >= 0.3 is 5.97 Å². The molecule has 1 aromatic rings. The first-order valence-corrected chi connectivity index (χ1v) is 7.49. The summed E-state index contributed by atoms with van der Waals surface area (Å²) in [7, 11) is 0. The van der Waals surface area contributed by atoms with Crippen LogP contribution in [0.15, 0.2) is 28.4 Å². The van der Waals surface area contributed by atoms with Gasteiger partial charge in [-0.25, -0.2) is 0 Å². The zero-order valence-electron chi connectivity index (χ0n) is 11.9. The zero-order chi connectivity index (χ0) is 15.4. The van der Waals surface area contributed by atoms with Crippen LogP contribution in [0.2, 0.25) is 0 Å². The Morgan fingerprint density at radius 1 is 1.48 bits per heavy atom. The van der Waals surface area contributed by atoms with Gasteiger partial charge in [-0.3, -0.25) is 4.79 Å². The Kier molecular flexibility index (Phi) is 4.85. The standard InChI is InChI=1S/C14H17N3O3S/c1-8(2)20-12-4-3-9(5-10(12)15)11-6-13(17-16-11)21-7-14(18)19/h3-5,8H,6-7,15H2,1-2H3,(H,18,19). The Morgan fingerprint density at radius 3 is 2.86 bits per heavy atom. The van der Waals surface area contributed by atoms with Crippen LogP contribution in [0.3, 0.4) is 0 Å². The summed E-state index contributed by atoms with van der Waals surface area (Å²) in [4.78, 5) is 10.5. The van der Waals surface area contributed by atoms with Crippen molar-refractivity contribution in [3.63, 3.8) is 0 Å². The van der Waals surface area contributed by atoms with Crippen LogP contribution >= 0.6 is 11.8 Å². The first-order valence-electron chi connectivity index (χ1n) is 6.50. The lowest BCUT2D eigenvalue weighted by atomic mass is 10.1. The number of carboxylic acid groups (broad SMARTS) is 1. The molecule has 21 heavy (non-hydrogen) atoms. The summed E-state index contributed by atoms with van der Waals surface area (Å²) in [6.07, 6.45) is 0.589. The number of benzene rings is 1. The molecule has 1 aromatic carbocycles. The summed E-state index contributed by atoms with van der Waals surface area (Å²) < 4.78 is 5.59. The van der Waals surface area contributed by atoms with E-state index in [-0.39, 0.29) is 11.9 Å². The number of nitrogens with zero attached hydrogens (tertiary/aromatic N) is 2. The van der Waals surface area contributed by atoms with E-state index in [1.165, 1.54) is 11.8 Å². The minimum Gasteiger partial charge on any atom is -0.489 e. The molecule has 0 unspecified atom stereocenters. The van der Waals surface area contributed by atoms with E-state index >= 15 is 0 Å². The smallest absolute Gasteiger partial charge is 0.313 e. The fourth-order valence-electron chi connectivity index (χ4n) is 1.80. The Labute approximate surface area is 127 Å². The van der Waals surface area contributed by atoms with Gasteiger partial charge < -0.3 is 15.6 Å². The molecule has 1 aliphatic rings. The van der Waals surface area contributed by atoms with Crippen molar-refractivity contribution in [1.82, 2.24) is 0 Å². The molecule has 0 aromatic heterocycles. The Balaban J connectivity index is 2.01. The average molecular weight is 307 g/mol. The maximum absolute atomic E-state index is 10.5. The number of anilines is 1. The largest absolute Gasteiger partial charge is 0.489 e. The van der Waals surface area contributed by atoms with Gasteiger partial charge in [0.05, 0.1) is 23.3 Å². The summed E-state index contributed by atoms with van der Waals surface area (Å²) in [6, 6.07) is 5.50. The predicted molar refractivity (Wildman–Crippen MR) is 85.3 cm³/mol. The lowest BCUT2D eigenvalue weighted by Crippen LogP contribution is -2.09. The van der Waals surface area contributed by atoms with Gasteiger partial charge in [0.25, 0.3) is 0 Å². The van der Waals surface area contributed by atoms with Crippen molar-refractivity contribution in [2.45, 2.75) is 26.4 Å². The molecule has 1 heterocycles. The monoisotopic (exact) mass is 307 g/mol. The van der Waals surface area contributed by atoms with Crippen molar-refractivity contribution >= 4 is 34.2 Å². The quantitative estimate of drug-likeness (QED) is 0.814. The summed E-state index contributed by atoms with van der Waals surface area (Å²) in [5.41, 5.74) is 8.18. The molecule has 0 amide bonds. The van der Waals surface area contributed by atoms with E-state index in [2.05, 4.69) is 10.2 Å². The topological polar surface area (TPSA) is 97.3 Å². The van der Waals surface area contributed by atoms with Gasteiger partial charge in [0.1, 0.15) is 10.8 Å². The first-order chi connectivity index (χ1) is 9.95. The van der Waals surface area contributed by atoms with E-state index < -0.39 is 5.97 Å². The number of rotatable bonds is 5. The normalized spacial score (nSPS) is 14.0. The van der Waals surface area contributed by atoms with Gasteiger partial charge in [0.15, 0.2) is 0 Å². The lowest BCUT2D eigenvalue weighted by molar-refractivity contribution is -0.133. The van der Waals surface area contributed by atoms with Crippen LogP contribution in [-0.4, -0.2) is 33.7 Å². The molecule has 0 atom stereocenters. The Morgan fingerprint density at radius 2 is 2.24 bits per heavy atom. The van der Waals surface area contributed by atoms with E-state index in [0.29, 0.717) is 22.9 Å². The number of hydrogen-bond acceptors (Lipinski definition) is 6.